The second-order valence-electron chi connectivity index (χ2n) is 5.56. The zero-order chi connectivity index (χ0) is 14.8. The lowest BCUT2D eigenvalue weighted by atomic mass is 10.1. The molecule has 1 aliphatic heterocycles. The topological polar surface area (TPSA) is 105 Å². The van der Waals surface area contributed by atoms with Crippen LogP contribution in [0.5, 0.6) is 0 Å². The number of amides is 2. The second kappa shape index (κ2) is 6.05. The van der Waals surface area contributed by atoms with Crippen LogP contribution in [0, 0.1) is 0 Å². The van der Waals surface area contributed by atoms with Crippen molar-refractivity contribution < 1.29 is 9.59 Å². The van der Waals surface area contributed by atoms with Crippen LogP contribution in [0.2, 0.25) is 0 Å². The van der Waals surface area contributed by atoms with Gasteiger partial charge in [0.1, 0.15) is 5.25 Å². The van der Waals surface area contributed by atoms with Gasteiger partial charge in [0, 0.05) is 12.5 Å². The monoisotopic (exact) mass is 309 g/mol. The van der Waals surface area contributed by atoms with Crippen molar-refractivity contribution in [3.8, 4) is 0 Å². The molecule has 1 saturated carbocycles. The van der Waals surface area contributed by atoms with Crippen LogP contribution < -0.4 is 5.73 Å². The number of H-pyrrole nitrogens is 1. The van der Waals surface area contributed by atoms with Crippen LogP contribution in [-0.2, 0) is 9.59 Å². The molecule has 1 aliphatic carbocycles. The third-order valence-electron chi connectivity index (χ3n) is 4.06. The van der Waals surface area contributed by atoms with E-state index in [4.69, 9.17) is 5.73 Å². The van der Waals surface area contributed by atoms with Gasteiger partial charge in [0.15, 0.2) is 0 Å². The van der Waals surface area contributed by atoms with Crippen LogP contribution in [0.3, 0.4) is 0 Å². The molecule has 114 valence electrons. The highest BCUT2D eigenvalue weighted by Gasteiger charge is 2.43. The van der Waals surface area contributed by atoms with E-state index in [1.54, 1.807) is 0 Å². The van der Waals surface area contributed by atoms with Crippen molar-refractivity contribution >= 4 is 29.5 Å². The highest BCUT2D eigenvalue weighted by Crippen LogP contribution is 2.33. The molecular formula is C13H19N5O2S. The van der Waals surface area contributed by atoms with Crippen molar-refractivity contribution in [1.29, 1.82) is 0 Å². The van der Waals surface area contributed by atoms with Crippen molar-refractivity contribution in [3.05, 3.63) is 0 Å². The van der Waals surface area contributed by atoms with Crippen LogP contribution in [0.4, 0.5) is 5.95 Å². The summed E-state index contributed by atoms with van der Waals surface area (Å²) in [5.74, 6) is 0.0584. The third-order valence-corrected chi connectivity index (χ3v) is 5.11. The number of thioether (sulfide) groups is 1. The number of aromatic nitrogens is 3. The summed E-state index contributed by atoms with van der Waals surface area (Å²) in [5, 5.41) is 6.45. The molecule has 3 rings (SSSR count). The van der Waals surface area contributed by atoms with Gasteiger partial charge in [0.25, 0.3) is 0 Å². The number of nitrogens with one attached hydrogen (secondary N) is 1. The number of hydrogen-bond donors (Lipinski definition) is 2. The van der Waals surface area contributed by atoms with Crippen LogP contribution in [0.25, 0.3) is 0 Å². The minimum absolute atomic E-state index is 0.0621. The van der Waals surface area contributed by atoms with Crippen LogP contribution >= 0.6 is 11.8 Å². The molecule has 2 fully saturated rings. The van der Waals surface area contributed by atoms with E-state index in [1.165, 1.54) is 29.5 Å². The maximum Gasteiger partial charge on any atom is 0.243 e. The van der Waals surface area contributed by atoms with Gasteiger partial charge in [-0.25, -0.2) is 5.10 Å². The first-order valence-corrected chi connectivity index (χ1v) is 8.23. The summed E-state index contributed by atoms with van der Waals surface area (Å²) in [5.41, 5.74) is 5.47. The molecule has 1 unspecified atom stereocenters. The number of carbonyl (C=O) groups excluding carboxylic acids is 2. The maximum atomic E-state index is 12.5. The van der Waals surface area contributed by atoms with E-state index in [-0.39, 0.29) is 30.2 Å². The van der Waals surface area contributed by atoms with E-state index in [0.29, 0.717) is 5.16 Å². The minimum Gasteiger partial charge on any atom is -0.368 e. The number of anilines is 1. The first-order chi connectivity index (χ1) is 10.1. The largest absolute Gasteiger partial charge is 0.368 e. The SMILES string of the molecule is Nc1nc(SC2CC(=O)N(C3CCCCCC3)C2=O)n[nH]1. The summed E-state index contributed by atoms with van der Waals surface area (Å²) in [6.07, 6.45) is 6.68. The molecular weight excluding hydrogens is 290 g/mol. The molecule has 1 atom stereocenters. The van der Waals surface area contributed by atoms with Crippen molar-refractivity contribution in [2.75, 3.05) is 5.73 Å². The fourth-order valence-corrected chi connectivity index (χ4v) is 4.00. The number of nitrogens with zero attached hydrogens (tertiary/aromatic N) is 3. The summed E-state index contributed by atoms with van der Waals surface area (Å²) >= 11 is 1.21. The average molecular weight is 309 g/mol. The highest BCUT2D eigenvalue weighted by molar-refractivity contribution is 8.00. The molecule has 2 amide bonds. The lowest BCUT2D eigenvalue weighted by Gasteiger charge is -2.25. The van der Waals surface area contributed by atoms with E-state index in [2.05, 4.69) is 15.2 Å². The number of aromatic amines is 1. The van der Waals surface area contributed by atoms with Gasteiger partial charge >= 0.3 is 0 Å². The smallest absolute Gasteiger partial charge is 0.243 e. The zero-order valence-electron chi connectivity index (χ0n) is 11.7. The molecule has 0 bridgehead atoms. The first kappa shape index (κ1) is 14.4. The van der Waals surface area contributed by atoms with Gasteiger partial charge in [0.05, 0.1) is 0 Å². The Hall–Kier alpha value is -1.57. The van der Waals surface area contributed by atoms with Crippen molar-refractivity contribution in [2.45, 2.75) is 61.4 Å². The predicted molar refractivity (Wildman–Crippen MR) is 78.4 cm³/mol. The summed E-state index contributed by atoms with van der Waals surface area (Å²) in [6, 6.07) is 0.0790. The molecule has 0 spiro atoms. The summed E-state index contributed by atoms with van der Waals surface area (Å²) in [7, 11) is 0. The Labute approximate surface area is 127 Å². The summed E-state index contributed by atoms with van der Waals surface area (Å²) < 4.78 is 0. The Morgan fingerprint density at radius 3 is 2.52 bits per heavy atom. The third kappa shape index (κ3) is 3.04. The fraction of sp³-hybridized carbons (Fsp3) is 0.692. The average Bonchev–Trinajstić information content (AvgIpc) is 2.84. The number of rotatable bonds is 3. The van der Waals surface area contributed by atoms with Gasteiger partial charge in [-0.2, -0.15) is 4.98 Å². The van der Waals surface area contributed by atoms with Crippen molar-refractivity contribution in [2.24, 2.45) is 0 Å². The molecule has 1 aromatic heterocycles. The van der Waals surface area contributed by atoms with Gasteiger partial charge in [0.2, 0.25) is 22.9 Å². The van der Waals surface area contributed by atoms with E-state index < -0.39 is 5.25 Å². The molecule has 3 N–H and O–H groups in total. The molecule has 21 heavy (non-hydrogen) atoms. The number of carbonyl (C=O) groups is 2. The van der Waals surface area contributed by atoms with E-state index in [9.17, 15) is 9.59 Å². The Morgan fingerprint density at radius 2 is 1.90 bits per heavy atom. The summed E-state index contributed by atoms with van der Waals surface area (Å²) in [4.78, 5) is 30.2. The Bertz CT molecular complexity index is 538. The molecule has 8 heteroatoms. The summed E-state index contributed by atoms with van der Waals surface area (Å²) in [6.45, 7) is 0. The van der Waals surface area contributed by atoms with Crippen LogP contribution in [-0.4, -0.2) is 43.2 Å². The molecule has 2 aliphatic rings. The van der Waals surface area contributed by atoms with Gasteiger partial charge < -0.3 is 5.73 Å². The number of nitrogen functional groups attached to an aromatic ring is 1. The molecule has 0 radical (unpaired) electrons. The number of hydrogen-bond acceptors (Lipinski definition) is 6. The standard InChI is InChI=1S/C13H19N5O2S/c14-12-15-13(17-16-12)21-9-7-10(19)18(11(9)20)8-5-3-1-2-4-6-8/h8-9H,1-7H2,(H3,14,15,16,17). The van der Waals surface area contributed by atoms with Crippen LogP contribution in [0.1, 0.15) is 44.9 Å². The molecule has 2 heterocycles. The predicted octanol–water partition coefficient (Wildman–Crippen LogP) is 1.33. The Morgan fingerprint density at radius 1 is 1.19 bits per heavy atom. The second-order valence-corrected chi connectivity index (χ2v) is 6.73. The normalized spacial score (nSPS) is 24.6. The zero-order valence-corrected chi connectivity index (χ0v) is 12.6. The number of imide groups is 1. The molecule has 0 aromatic carbocycles. The van der Waals surface area contributed by atoms with Gasteiger partial charge in [-0.3, -0.25) is 14.5 Å². The number of nitrogens with two attached hydrogens (primary N) is 1. The van der Waals surface area contributed by atoms with E-state index >= 15 is 0 Å². The van der Waals surface area contributed by atoms with Gasteiger partial charge in [-0.1, -0.05) is 37.4 Å². The van der Waals surface area contributed by atoms with Crippen molar-refractivity contribution in [1.82, 2.24) is 20.1 Å². The molecule has 7 nitrogen and oxygen atoms in total. The van der Waals surface area contributed by atoms with E-state index in [1.807, 2.05) is 0 Å². The van der Waals surface area contributed by atoms with Gasteiger partial charge in [-0.15, -0.1) is 5.10 Å². The Kier molecular flexibility index (Phi) is 4.14. The van der Waals surface area contributed by atoms with E-state index in [0.717, 1.165) is 25.7 Å². The fourth-order valence-electron chi connectivity index (χ4n) is 3.05. The molecule has 1 aromatic rings. The quantitative estimate of drug-likeness (QED) is 0.644. The lowest BCUT2D eigenvalue weighted by Crippen LogP contribution is -2.40. The molecule has 1 saturated heterocycles. The lowest BCUT2D eigenvalue weighted by molar-refractivity contribution is -0.141. The number of likely N-dealkylation sites (tertiary alicyclic amines) is 1. The first-order valence-electron chi connectivity index (χ1n) is 7.35. The highest BCUT2D eigenvalue weighted by atomic mass is 32.2. The van der Waals surface area contributed by atoms with Crippen molar-refractivity contribution in [3.63, 3.8) is 0 Å². The maximum absolute atomic E-state index is 12.5. The van der Waals surface area contributed by atoms with Gasteiger partial charge in [-0.05, 0) is 12.8 Å². The minimum atomic E-state index is -0.420. The van der Waals surface area contributed by atoms with Crippen LogP contribution in [0.15, 0.2) is 5.16 Å². The Balaban J connectivity index is 1.69.